The number of amides is 1. The fourth-order valence-electron chi connectivity index (χ4n) is 3.35. The molecule has 0 unspecified atom stereocenters. The second-order valence-corrected chi connectivity index (χ2v) is 7.89. The standard InChI is InChI=1S/C17H33N3O2/c1-14(2)20-8-6-7-15(13-20)18-9-11-19(12-10-18)16(21)22-17(3,4)5/h14-15H,6-13H2,1-5H3/t15-/m1/s1. The molecule has 2 rings (SSSR count). The molecule has 0 N–H and O–H groups in total. The topological polar surface area (TPSA) is 36.0 Å². The third-order valence-electron chi connectivity index (χ3n) is 4.64. The summed E-state index contributed by atoms with van der Waals surface area (Å²) in [7, 11) is 0. The molecule has 2 saturated heterocycles. The molecule has 0 aliphatic carbocycles. The van der Waals surface area contributed by atoms with E-state index in [1.165, 1.54) is 25.9 Å². The highest BCUT2D eigenvalue weighted by atomic mass is 16.6. The third kappa shape index (κ3) is 4.85. The maximum absolute atomic E-state index is 12.1. The fourth-order valence-corrected chi connectivity index (χ4v) is 3.35. The maximum atomic E-state index is 12.1. The first kappa shape index (κ1) is 17.5. The average Bonchev–Trinajstić information content (AvgIpc) is 2.46. The first-order valence-electron chi connectivity index (χ1n) is 8.72. The van der Waals surface area contributed by atoms with Gasteiger partial charge in [-0.1, -0.05) is 0 Å². The van der Waals surface area contributed by atoms with Crippen molar-refractivity contribution >= 4 is 6.09 Å². The largest absolute Gasteiger partial charge is 0.444 e. The minimum Gasteiger partial charge on any atom is -0.444 e. The number of piperazine rings is 1. The van der Waals surface area contributed by atoms with Crippen molar-refractivity contribution in [2.45, 2.75) is 65.1 Å². The van der Waals surface area contributed by atoms with Crippen LogP contribution in [-0.4, -0.2) is 77.7 Å². The summed E-state index contributed by atoms with van der Waals surface area (Å²) in [6, 6.07) is 1.28. The fraction of sp³-hybridized carbons (Fsp3) is 0.941. The van der Waals surface area contributed by atoms with Gasteiger partial charge in [0.2, 0.25) is 0 Å². The number of hydrogen-bond donors (Lipinski definition) is 0. The molecule has 0 bridgehead atoms. The van der Waals surface area contributed by atoms with Gasteiger partial charge in [-0.25, -0.2) is 4.79 Å². The van der Waals surface area contributed by atoms with Crippen LogP contribution in [0.15, 0.2) is 0 Å². The summed E-state index contributed by atoms with van der Waals surface area (Å²) in [5.74, 6) is 0. The van der Waals surface area contributed by atoms with Crippen LogP contribution in [0.5, 0.6) is 0 Å². The molecule has 2 aliphatic heterocycles. The van der Waals surface area contributed by atoms with Crippen molar-refractivity contribution < 1.29 is 9.53 Å². The molecule has 0 aromatic heterocycles. The summed E-state index contributed by atoms with van der Waals surface area (Å²) >= 11 is 0. The number of carbonyl (C=O) groups excluding carboxylic acids is 1. The molecule has 0 aromatic carbocycles. The van der Waals surface area contributed by atoms with E-state index in [1.54, 1.807) is 0 Å². The smallest absolute Gasteiger partial charge is 0.410 e. The Morgan fingerprint density at radius 2 is 1.73 bits per heavy atom. The predicted molar refractivity (Wildman–Crippen MR) is 89.1 cm³/mol. The molecule has 1 atom stereocenters. The Bertz CT molecular complexity index is 371. The van der Waals surface area contributed by atoms with Crippen molar-refractivity contribution in [3.63, 3.8) is 0 Å². The molecule has 0 aromatic rings. The summed E-state index contributed by atoms with van der Waals surface area (Å²) < 4.78 is 5.47. The normalized spacial score (nSPS) is 25.5. The lowest BCUT2D eigenvalue weighted by Crippen LogP contribution is -2.57. The second kappa shape index (κ2) is 7.18. The van der Waals surface area contributed by atoms with Gasteiger partial charge in [0.25, 0.3) is 0 Å². The number of carbonyl (C=O) groups is 1. The van der Waals surface area contributed by atoms with E-state index < -0.39 is 5.60 Å². The van der Waals surface area contributed by atoms with E-state index >= 15 is 0 Å². The van der Waals surface area contributed by atoms with Gasteiger partial charge in [-0.2, -0.15) is 0 Å². The van der Waals surface area contributed by atoms with Gasteiger partial charge < -0.3 is 9.64 Å². The van der Waals surface area contributed by atoms with Gasteiger partial charge in [0.1, 0.15) is 5.60 Å². The molecule has 2 fully saturated rings. The number of nitrogens with zero attached hydrogens (tertiary/aromatic N) is 3. The van der Waals surface area contributed by atoms with Gasteiger partial charge in [0, 0.05) is 44.8 Å². The Labute approximate surface area is 135 Å². The maximum Gasteiger partial charge on any atom is 0.410 e. The molecule has 5 nitrogen and oxygen atoms in total. The van der Waals surface area contributed by atoms with E-state index in [1.807, 2.05) is 25.7 Å². The van der Waals surface area contributed by atoms with E-state index in [0.29, 0.717) is 12.1 Å². The second-order valence-electron chi connectivity index (χ2n) is 7.89. The van der Waals surface area contributed by atoms with Crippen LogP contribution < -0.4 is 0 Å². The first-order chi connectivity index (χ1) is 10.3. The SMILES string of the molecule is CC(C)N1CCC[C@@H](N2CCN(C(=O)OC(C)(C)C)CC2)C1. The van der Waals surface area contributed by atoms with E-state index in [2.05, 4.69) is 23.6 Å². The molecule has 2 aliphatic rings. The van der Waals surface area contributed by atoms with E-state index in [4.69, 9.17) is 4.74 Å². The molecule has 0 spiro atoms. The zero-order valence-electron chi connectivity index (χ0n) is 15.0. The summed E-state index contributed by atoms with van der Waals surface area (Å²) in [4.78, 5) is 19.1. The van der Waals surface area contributed by atoms with Crippen molar-refractivity contribution in [2.75, 3.05) is 39.3 Å². The van der Waals surface area contributed by atoms with Crippen LogP contribution >= 0.6 is 0 Å². The van der Waals surface area contributed by atoms with Crippen LogP contribution in [0.3, 0.4) is 0 Å². The van der Waals surface area contributed by atoms with Crippen molar-refractivity contribution in [2.24, 2.45) is 0 Å². The zero-order valence-corrected chi connectivity index (χ0v) is 15.0. The zero-order chi connectivity index (χ0) is 16.3. The Kier molecular flexibility index (Phi) is 5.72. The minimum absolute atomic E-state index is 0.167. The van der Waals surface area contributed by atoms with Crippen molar-refractivity contribution in [3.8, 4) is 0 Å². The number of piperidine rings is 1. The molecular formula is C17H33N3O2. The Hall–Kier alpha value is -0.810. The molecule has 0 saturated carbocycles. The molecule has 22 heavy (non-hydrogen) atoms. The van der Waals surface area contributed by atoms with Crippen LogP contribution in [0.4, 0.5) is 4.79 Å². The van der Waals surface area contributed by atoms with Crippen molar-refractivity contribution in [1.29, 1.82) is 0 Å². The minimum atomic E-state index is -0.407. The summed E-state index contributed by atoms with van der Waals surface area (Å²) in [5.41, 5.74) is -0.407. The van der Waals surface area contributed by atoms with Crippen LogP contribution in [0.1, 0.15) is 47.5 Å². The van der Waals surface area contributed by atoms with Crippen LogP contribution in [0.2, 0.25) is 0 Å². The molecular weight excluding hydrogens is 278 g/mol. The van der Waals surface area contributed by atoms with Crippen molar-refractivity contribution in [3.05, 3.63) is 0 Å². The monoisotopic (exact) mass is 311 g/mol. The Morgan fingerprint density at radius 3 is 2.27 bits per heavy atom. The Morgan fingerprint density at radius 1 is 1.09 bits per heavy atom. The van der Waals surface area contributed by atoms with E-state index in [9.17, 15) is 4.79 Å². The van der Waals surface area contributed by atoms with Gasteiger partial charge in [-0.05, 0) is 54.0 Å². The molecule has 5 heteroatoms. The number of ether oxygens (including phenoxy) is 1. The summed E-state index contributed by atoms with van der Waals surface area (Å²) in [5, 5.41) is 0. The number of hydrogen-bond acceptors (Lipinski definition) is 4. The lowest BCUT2D eigenvalue weighted by atomic mass is 10.0. The lowest BCUT2D eigenvalue weighted by Gasteiger charge is -2.44. The summed E-state index contributed by atoms with van der Waals surface area (Å²) in [6.45, 7) is 16.2. The van der Waals surface area contributed by atoms with Gasteiger partial charge >= 0.3 is 6.09 Å². The molecule has 2 heterocycles. The average molecular weight is 311 g/mol. The van der Waals surface area contributed by atoms with Crippen LogP contribution in [-0.2, 0) is 4.74 Å². The highest BCUT2D eigenvalue weighted by molar-refractivity contribution is 5.68. The van der Waals surface area contributed by atoms with Gasteiger partial charge in [0.15, 0.2) is 0 Å². The van der Waals surface area contributed by atoms with Gasteiger partial charge in [-0.15, -0.1) is 0 Å². The first-order valence-corrected chi connectivity index (χ1v) is 8.72. The van der Waals surface area contributed by atoms with Crippen LogP contribution in [0.25, 0.3) is 0 Å². The lowest BCUT2D eigenvalue weighted by molar-refractivity contribution is 0.00292. The highest BCUT2D eigenvalue weighted by Crippen LogP contribution is 2.20. The molecule has 128 valence electrons. The van der Waals surface area contributed by atoms with Gasteiger partial charge in [0.05, 0.1) is 0 Å². The number of rotatable bonds is 2. The molecule has 0 radical (unpaired) electrons. The quantitative estimate of drug-likeness (QED) is 0.785. The van der Waals surface area contributed by atoms with Gasteiger partial charge in [-0.3, -0.25) is 9.80 Å². The third-order valence-corrected chi connectivity index (χ3v) is 4.64. The van der Waals surface area contributed by atoms with E-state index in [0.717, 1.165) is 26.2 Å². The van der Waals surface area contributed by atoms with Crippen molar-refractivity contribution in [1.82, 2.24) is 14.7 Å². The molecule has 1 amide bonds. The summed E-state index contributed by atoms with van der Waals surface area (Å²) in [6.07, 6.45) is 2.41. The predicted octanol–water partition coefficient (Wildman–Crippen LogP) is 2.41. The van der Waals surface area contributed by atoms with Crippen LogP contribution in [0, 0.1) is 0 Å². The highest BCUT2D eigenvalue weighted by Gasteiger charge is 2.31. The van der Waals surface area contributed by atoms with E-state index in [-0.39, 0.29) is 6.09 Å². The number of likely N-dealkylation sites (tertiary alicyclic amines) is 1. The Balaban J connectivity index is 1.80.